The van der Waals surface area contributed by atoms with E-state index in [-0.39, 0.29) is 11.7 Å². The second-order valence-corrected chi connectivity index (χ2v) is 4.25. The first kappa shape index (κ1) is 13.6. The van der Waals surface area contributed by atoms with Crippen molar-refractivity contribution in [2.24, 2.45) is 0 Å². The molecule has 0 aliphatic rings. The topological polar surface area (TPSA) is 49.3 Å². The zero-order valence-electron chi connectivity index (χ0n) is 9.96. The van der Waals surface area contributed by atoms with Crippen molar-refractivity contribution in [3.63, 3.8) is 0 Å². The number of aryl methyl sites for hydroxylation is 1. The van der Waals surface area contributed by atoms with Crippen LogP contribution in [0, 0.1) is 6.92 Å². The number of phenols is 1. The molecule has 1 amide bonds. The first-order chi connectivity index (χ1) is 8.00. The Hall–Kier alpha value is -1.48. The molecule has 1 rings (SSSR count). The summed E-state index contributed by atoms with van der Waals surface area (Å²) in [4.78, 5) is 10.6. The van der Waals surface area contributed by atoms with Crippen molar-refractivity contribution in [1.29, 1.82) is 0 Å². The Morgan fingerprint density at radius 1 is 1.53 bits per heavy atom. The number of amides is 1. The predicted octanol–water partition coefficient (Wildman–Crippen LogP) is 2.89. The standard InChI is InChI=1S/C13H16ClNO2/c1-9-7-11(8-12(14)13(9)17)5-3-4-6-15-10(2)16/h3,5,7-8,17H,4,6H2,1-2H3,(H,15,16). The second kappa shape index (κ2) is 6.30. The molecule has 4 heteroatoms. The highest BCUT2D eigenvalue weighted by Crippen LogP contribution is 2.28. The van der Waals surface area contributed by atoms with Gasteiger partial charge in [0.2, 0.25) is 5.91 Å². The molecule has 0 spiro atoms. The number of hydrogen-bond donors (Lipinski definition) is 2. The monoisotopic (exact) mass is 253 g/mol. The Morgan fingerprint density at radius 2 is 2.24 bits per heavy atom. The van der Waals surface area contributed by atoms with Gasteiger partial charge in [0.05, 0.1) is 5.02 Å². The fourth-order valence-electron chi connectivity index (χ4n) is 1.41. The second-order valence-electron chi connectivity index (χ2n) is 3.84. The minimum Gasteiger partial charge on any atom is -0.506 e. The van der Waals surface area contributed by atoms with Gasteiger partial charge < -0.3 is 10.4 Å². The summed E-state index contributed by atoms with van der Waals surface area (Å²) in [6.45, 7) is 3.92. The molecule has 92 valence electrons. The van der Waals surface area contributed by atoms with E-state index in [1.165, 1.54) is 6.92 Å². The molecule has 0 unspecified atom stereocenters. The van der Waals surface area contributed by atoms with Gasteiger partial charge in [-0.2, -0.15) is 0 Å². The van der Waals surface area contributed by atoms with E-state index in [1.807, 2.05) is 18.2 Å². The molecule has 0 aliphatic carbocycles. The van der Waals surface area contributed by atoms with Crippen LogP contribution in [0.4, 0.5) is 0 Å². The number of benzene rings is 1. The van der Waals surface area contributed by atoms with Crippen molar-refractivity contribution in [3.8, 4) is 5.75 Å². The number of hydrogen-bond acceptors (Lipinski definition) is 2. The molecule has 0 atom stereocenters. The summed E-state index contributed by atoms with van der Waals surface area (Å²) in [5, 5.41) is 12.6. The van der Waals surface area contributed by atoms with Crippen LogP contribution in [0.15, 0.2) is 18.2 Å². The van der Waals surface area contributed by atoms with Crippen LogP contribution in [0.2, 0.25) is 5.02 Å². The fourth-order valence-corrected chi connectivity index (χ4v) is 1.69. The molecule has 2 N–H and O–H groups in total. The average molecular weight is 254 g/mol. The highest BCUT2D eigenvalue weighted by Gasteiger charge is 2.02. The van der Waals surface area contributed by atoms with Gasteiger partial charge >= 0.3 is 0 Å². The quantitative estimate of drug-likeness (QED) is 0.811. The Labute approximate surface area is 106 Å². The van der Waals surface area contributed by atoms with E-state index in [2.05, 4.69) is 5.32 Å². The molecule has 0 radical (unpaired) electrons. The van der Waals surface area contributed by atoms with Gasteiger partial charge in [0.15, 0.2) is 0 Å². The lowest BCUT2D eigenvalue weighted by molar-refractivity contribution is -0.118. The van der Waals surface area contributed by atoms with Gasteiger partial charge in [-0.05, 0) is 36.6 Å². The minimum atomic E-state index is -0.0260. The van der Waals surface area contributed by atoms with Crippen LogP contribution >= 0.6 is 11.6 Å². The van der Waals surface area contributed by atoms with E-state index < -0.39 is 0 Å². The highest BCUT2D eigenvalue weighted by atomic mass is 35.5. The molecular weight excluding hydrogens is 238 g/mol. The molecule has 1 aromatic rings. The summed E-state index contributed by atoms with van der Waals surface area (Å²) in [7, 11) is 0. The summed E-state index contributed by atoms with van der Waals surface area (Å²) < 4.78 is 0. The average Bonchev–Trinajstić information content (AvgIpc) is 2.25. The molecule has 0 aromatic heterocycles. The molecule has 0 bridgehead atoms. The zero-order valence-corrected chi connectivity index (χ0v) is 10.7. The number of carbonyl (C=O) groups is 1. The van der Waals surface area contributed by atoms with E-state index in [4.69, 9.17) is 11.6 Å². The molecule has 0 aliphatic heterocycles. The van der Waals surface area contributed by atoms with Crippen molar-refractivity contribution in [1.82, 2.24) is 5.32 Å². The summed E-state index contributed by atoms with van der Waals surface area (Å²) in [6.07, 6.45) is 4.63. The van der Waals surface area contributed by atoms with Gasteiger partial charge in [-0.3, -0.25) is 4.79 Å². The summed E-state index contributed by atoms with van der Waals surface area (Å²) in [6, 6.07) is 3.56. The number of aromatic hydroxyl groups is 1. The molecule has 0 fully saturated rings. The third kappa shape index (κ3) is 4.49. The largest absolute Gasteiger partial charge is 0.506 e. The van der Waals surface area contributed by atoms with E-state index in [1.54, 1.807) is 13.0 Å². The lowest BCUT2D eigenvalue weighted by atomic mass is 10.1. The maximum atomic E-state index is 10.6. The Kier molecular flexibility index (Phi) is 5.04. The lowest BCUT2D eigenvalue weighted by Crippen LogP contribution is -2.20. The third-order valence-electron chi connectivity index (χ3n) is 2.27. The summed E-state index contributed by atoms with van der Waals surface area (Å²) in [5.74, 6) is 0.101. The van der Waals surface area contributed by atoms with Gasteiger partial charge in [-0.25, -0.2) is 0 Å². The van der Waals surface area contributed by atoms with Crippen LogP contribution in [0.5, 0.6) is 5.75 Å². The van der Waals surface area contributed by atoms with Crippen LogP contribution in [0.25, 0.3) is 6.08 Å². The maximum absolute atomic E-state index is 10.6. The predicted molar refractivity (Wildman–Crippen MR) is 70.2 cm³/mol. The van der Waals surface area contributed by atoms with Crippen LogP contribution in [0.1, 0.15) is 24.5 Å². The van der Waals surface area contributed by atoms with Crippen molar-refractivity contribution < 1.29 is 9.90 Å². The summed E-state index contributed by atoms with van der Waals surface area (Å²) in [5.41, 5.74) is 1.69. The van der Waals surface area contributed by atoms with Gasteiger partial charge in [-0.1, -0.05) is 23.8 Å². The molecule has 0 saturated heterocycles. The Morgan fingerprint density at radius 3 is 2.82 bits per heavy atom. The number of phenolic OH excluding ortho intramolecular Hbond substituents is 1. The molecule has 0 heterocycles. The lowest BCUT2D eigenvalue weighted by Gasteiger charge is -2.03. The third-order valence-corrected chi connectivity index (χ3v) is 2.56. The smallest absolute Gasteiger partial charge is 0.216 e. The number of halogens is 1. The van der Waals surface area contributed by atoms with Gasteiger partial charge in [-0.15, -0.1) is 0 Å². The number of carbonyl (C=O) groups excluding carboxylic acids is 1. The first-order valence-corrected chi connectivity index (χ1v) is 5.78. The normalized spacial score (nSPS) is 10.8. The maximum Gasteiger partial charge on any atom is 0.216 e. The van der Waals surface area contributed by atoms with Crippen molar-refractivity contribution in [3.05, 3.63) is 34.4 Å². The van der Waals surface area contributed by atoms with Gasteiger partial charge in [0, 0.05) is 13.5 Å². The van der Waals surface area contributed by atoms with Crippen molar-refractivity contribution >= 4 is 23.6 Å². The van der Waals surface area contributed by atoms with Crippen molar-refractivity contribution in [2.45, 2.75) is 20.3 Å². The van der Waals surface area contributed by atoms with Crippen molar-refractivity contribution in [2.75, 3.05) is 6.54 Å². The molecule has 17 heavy (non-hydrogen) atoms. The molecular formula is C13H16ClNO2. The molecule has 0 saturated carbocycles. The Bertz CT molecular complexity index is 418. The van der Waals surface area contributed by atoms with Crippen LogP contribution in [0.3, 0.4) is 0 Å². The summed E-state index contributed by atoms with van der Waals surface area (Å²) >= 11 is 5.86. The zero-order chi connectivity index (χ0) is 12.8. The van der Waals surface area contributed by atoms with Crippen LogP contribution in [-0.4, -0.2) is 17.6 Å². The fraction of sp³-hybridized carbons (Fsp3) is 0.308. The Balaban J connectivity index is 2.57. The van der Waals surface area contributed by atoms with E-state index in [0.29, 0.717) is 11.6 Å². The number of rotatable bonds is 4. The van der Waals surface area contributed by atoms with E-state index in [9.17, 15) is 9.90 Å². The highest BCUT2D eigenvalue weighted by molar-refractivity contribution is 6.32. The van der Waals surface area contributed by atoms with E-state index >= 15 is 0 Å². The van der Waals surface area contributed by atoms with E-state index in [0.717, 1.165) is 17.5 Å². The van der Waals surface area contributed by atoms with Crippen LogP contribution in [-0.2, 0) is 4.79 Å². The first-order valence-electron chi connectivity index (χ1n) is 5.41. The van der Waals surface area contributed by atoms with Crippen LogP contribution < -0.4 is 5.32 Å². The number of nitrogens with one attached hydrogen (secondary N) is 1. The SMILES string of the molecule is CC(=O)NCCC=Cc1cc(C)c(O)c(Cl)c1. The molecule has 1 aromatic carbocycles. The van der Waals surface area contributed by atoms with Gasteiger partial charge in [0.1, 0.15) is 5.75 Å². The molecule has 3 nitrogen and oxygen atoms in total. The van der Waals surface area contributed by atoms with Gasteiger partial charge in [0.25, 0.3) is 0 Å². The minimum absolute atomic E-state index is 0.0260.